The third-order valence-electron chi connectivity index (χ3n) is 4.77. The van der Waals surface area contributed by atoms with E-state index in [0.717, 1.165) is 19.3 Å². The van der Waals surface area contributed by atoms with Gasteiger partial charge in [0.2, 0.25) is 15.9 Å². The summed E-state index contributed by atoms with van der Waals surface area (Å²) in [6.07, 6.45) is 3.01. The molecule has 1 aromatic rings. The van der Waals surface area contributed by atoms with Crippen molar-refractivity contribution in [3.8, 4) is 0 Å². The molecule has 1 heterocycles. The first-order valence-corrected chi connectivity index (χ1v) is 9.38. The van der Waals surface area contributed by atoms with Gasteiger partial charge in [-0.15, -0.1) is 0 Å². The van der Waals surface area contributed by atoms with Crippen molar-refractivity contribution >= 4 is 15.9 Å². The van der Waals surface area contributed by atoms with Crippen LogP contribution in [0.4, 0.5) is 4.39 Å². The minimum Gasteiger partial charge on any atom is -0.340 e. The van der Waals surface area contributed by atoms with Crippen LogP contribution in [0.1, 0.15) is 24.8 Å². The highest BCUT2D eigenvalue weighted by Gasteiger charge is 2.34. The predicted molar refractivity (Wildman–Crippen MR) is 83.8 cm³/mol. The highest BCUT2D eigenvalue weighted by Crippen LogP contribution is 2.29. The van der Waals surface area contributed by atoms with E-state index in [4.69, 9.17) is 0 Å². The van der Waals surface area contributed by atoms with Crippen LogP contribution in [0.2, 0.25) is 0 Å². The van der Waals surface area contributed by atoms with Crippen molar-refractivity contribution in [3.05, 3.63) is 29.6 Å². The minimum atomic E-state index is -3.63. The van der Waals surface area contributed by atoms with Gasteiger partial charge in [0.05, 0.1) is 4.90 Å². The van der Waals surface area contributed by atoms with E-state index in [1.54, 1.807) is 11.8 Å². The van der Waals surface area contributed by atoms with Gasteiger partial charge in [-0.25, -0.2) is 12.8 Å². The molecule has 0 aromatic heterocycles. The monoisotopic (exact) mass is 340 g/mol. The molecule has 5 nitrogen and oxygen atoms in total. The van der Waals surface area contributed by atoms with E-state index in [0.29, 0.717) is 18.7 Å². The zero-order valence-electron chi connectivity index (χ0n) is 13.2. The van der Waals surface area contributed by atoms with E-state index in [2.05, 4.69) is 0 Å². The molecule has 2 fully saturated rings. The quantitative estimate of drug-likeness (QED) is 0.843. The molecule has 0 unspecified atom stereocenters. The second-order valence-electron chi connectivity index (χ2n) is 6.27. The molecule has 1 saturated heterocycles. The minimum absolute atomic E-state index is 0.107. The largest absolute Gasteiger partial charge is 0.340 e. The molecular formula is C16H21FN2O3S. The second kappa shape index (κ2) is 6.20. The number of piperazine rings is 1. The Labute approximate surface area is 136 Å². The van der Waals surface area contributed by atoms with Crippen LogP contribution in [0.15, 0.2) is 23.1 Å². The molecule has 1 saturated carbocycles. The summed E-state index contributed by atoms with van der Waals surface area (Å²) in [7, 11) is -3.63. The Morgan fingerprint density at radius 1 is 1.17 bits per heavy atom. The lowest BCUT2D eigenvalue weighted by Crippen LogP contribution is -2.52. The molecule has 1 aliphatic carbocycles. The summed E-state index contributed by atoms with van der Waals surface area (Å²) in [5, 5.41) is 0. The normalized spacial score (nSPS) is 20.3. The maximum absolute atomic E-state index is 13.3. The van der Waals surface area contributed by atoms with Crippen molar-refractivity contribution in [2.45, 2.75) is 31.1 Å². The molecular weight excluding hydrogens is 319 g/mol. The molecule has 2 aliphatic rings. The number of hydrogen-bond donors (Lipinski definition) is 0. The number of halogens is 1. The van der Waals surface area contributed by atoms with E-state index in [1.165, 1.54) is 22.5 Å². The molecule has 1 amide bonds. The van der Waals surface area contributed by atoms with Gasteiger partial charge >= 0.3 is 0 Å². The molecule has 1 aromatic carbocycles. The van der Waals surface area contributed by atoms with E-state index in [1.807, 2.05) is 0 Å². The van der Waals surface area contributed by atoms with Crippen molar-refractivity contribution in [1.82, 2.24) is 9.21 Å². The average Bonchev–Trinajstić information content (AvgIpc) is 2.48. The third kappa shape index (κ3) is 3.12. The molecule has 3 rings (SSSR count). The summed E-state index contributed by atoms with van der Waals surface area (Å²) in [5.41, 5.74) is 0.310. The van der Waals surface area contributed by atoms with E-state index < -0.39 is 15.8 Å². The fraction of sp³-hybridized carbons (Fsp3) is 0.562. The first-order chi connectivity index (χ1) is 10.9. The SMILES string of the molecule is Cc1cc(S(=O)(=O)N2CCN(C(=O)C3CCC3)CC2)ccc1F. The highest BCUT2D eigenvalue weighted by atomic mass is 32.2. The Balaban J connectivity index is 1.68. The summed E-state index contributed by atoms with van der Waals surface area (Å²) < 4.78 is 40.0. The molecule has 0 bridgehead atoms. The number of amides is 1. The van der Waals surface area contributed by atoms with Crippen molar-refractivity contribution in [1.29, 1.82) is 0 Å². The number of carbonyl (C=O) groups is 1. The first kappa shape index (κ1) is 16.4. The lowest BCUT2D eigenvalue weighted by atomic mass is 9.84. The Hall–Kier alpha value is -1.47. The van der Waals surface area contributed by atoms with Gasteiger partial charge in [0, 0.05) is 32.1 Å². The third-order valence-corrected chi connectivity index (χ3v) is 6.67. The van der Waals surface area contributed by atoms with Crippen LogP contribution in [0, 0.1) is 18.7 Å². The van der Waals surface area contributed by atoms with Gasteiger partial charge in [0.25, 0.3) is 0 Å². The Kier molecular flexibility index (Phi) is 4.42. The van der Waals surface area contributed by atoms with Gasteiger partial charge in [-0.3, -0.25) is 4.79 Å². The van der Waals surface area contributed by atoms with Gasteiger partial charge in [-0.05, 0) is 43.5 Å². The maximum atomic E-state index is 13.3. The van der Waals surface area contributed by atoms with Gasteiger partial charge < -0.3 is 4.90 Å². The smallest absolute Gasteiger partial charge is 0.243 e. The van der Waals surface area contributed by atoms with Gasteiger partial charge in [-0.1, -0.05) is 6.42 Å². The molecule has 0 radical (unpaired) electrons. The van der Waals surface area contributed by atoms with Crippen LogP contribution in [0.3, 0.4) is 0 Å². The Morgan fingerprint density at radius 2 is 1.83 bits per heavy atom. The fourth-order valence-corrected chi connectivity index (χ4v) is 4.50. The maximum Gasteiger partial charge on any atom is 0.243 e. The zero-order valence-corrected chi connectivity index (χ0v) is 14.0. The number of rotatable bonds is 3. The van der Waals surface area contributed by atoms with Gasteiger partial charge in [-0.2, -0.15) is 4.31 Å². The summed E-state index contributed by atoms with van der Waals surface area (Å²) >= 11 is 0. The fourth-order valence-electron chi connectivity index (χ4n) is 2.99. The van der Waals surface area contributed by atoms with Crippen molar-refractivity contribution in [3.63, 3.8) is 0 Å². The number of carbonyl (C=O) groups excluding carboxylic acids is 1. The summed E-state index contributed by atoms with van der Waals surface area (Å²) in [6, 6.07) is 3.83. The van der Waals surface area contributed by atoms with E-state index in [-0.39, 0.29) is 29.8 Å². The lowest BCUT2D eigenvalue weighted by molar-refractivity contribution is -0.139. The van der Waals surface area contributed by atoms with Crippen LogP contribution in [0.5, 0.6) is 0 Å². The summed E-state index contributed by atoms with van der Waals surface area (Å²) in [4.78, 5) is 14.1. The number of benzene rings is 1. The van der Waals surface area contributed by atoms with Crippen LogP contribution >= 0.6 is 0 Å². The molecule has 126 valence electrons. The number of hydrogen-bond acceptors (Lipinski definition) is 3. The van der Waals surface area contributed by atoms with Gasteiger partial charge in [0.1, 0.15) is 5.82 Å². The predicted octanol–water partition coefficient (Wildman–Crippen LogP) is 1.77. The number of sulfonamides is 1. The van der Waals surface area contributed by atoms with Crippen LogP contribution < -0.4 is 0 Å². The lowest BCUT2D eigenvalue weighted by Gasteiger charge is -2.37. The molecule has 0 atom stereocenters. The topological polar surface area (TPSA) is 57.7 Å². The van der Waals surface area contributed by atoms with Crippen LogP contribution in [-0.4, -0.2) is 49.7 Å². The zero-order chi connectivity index (χ0) is 16.6. The second-order valence-corrected chi connectivity index (χ2v) is 8.21. The average molecular weight is 340 g/mol. The summed E-state index contributed by atoms with van der Waals surface area (Å²) in [6.45, 7) is 2.97. The van der Waals surface area contributed by atoms with Crippen LogP contribution in [0.25, 0.3) is 0 Å². The highest BCUT2D eigenvalue weighted by molar-refractivity contribution is 7.89. The molecule has 7 heteroatoms. The number of aryl methyl sites for hydroxylation is 1. The summed E-state index contributed by atoms with van der Waals surface area (Å²) in [5.74, 6) is -0.122. The van der Waals surface area contributed by atoms with E-state index in [9.17, 15) is 17.6 Å². The standard InChI is InChI=1S/C16H21FN2O3S/c1-12-11-14(5-6-15(12)17)23(21,22)19-9-7-18(8-10-19)16(20)13-3-2-4-13/h5-6,11,13H,2-4,7-10H2,1H3. The van der Waals surface area contributed by atoms with Crippen molar-refractivity contribution < 1.29 is 17.6 Å². The van der Waals surface area contributed by atoms with E-state index >= 15 is 0 Å². The van der Waals surface area contributed by atoms with Crippen molar-refractivity contribution in [2.75, 3.05) is 26.2 Å². The van der Waals surface area contributed by atoms with Crippen LogP contribution in [-0.2, 0) is 14.8 Å². The van der Waals surface area contributed by atoms with Gasteiger partial charge in [0.15, 0.2) is 0 Å². The Morgan fingerprint density at radius 3 is 2.35 bits per heavy atom. The molecule has 1 aliphatic heterocycles. The molecule has 23 heavy (non-hydrogen) atoms. The Bertz CT molecular complexity index is 708. The first-order valence-electron chi connectivity index (χ1n) is 7.94. The molecule has 0 spiro atoms. The van der Waals surface area contributed by atoms with Crippen molar-refractivity contribution in [2.24, 2.45) is 5.92 Å². The molecule has 0 N–H and O–H groups in total. The number of nitrogens with zero attached hydrogens (tertiary/aromatic N) is 2.